The van der Waals surface area contributed by atoms with Gasteiger partial charge >= 0.3 is 0 Å². The first-order valence-electron chi connectivity index (χ1n) is 13.8. The van der Waals surface area contributed by atoms with Crippen LogP contribution in [0.5, 0.6) is 0 Å². The molecule has 1 fully saturated rings. The van der Waals surface area contributed by atoms with Crippen molar-refractivity contribution in [3.63, 3.8) is 0 Å². The van der Waals surface area contributed by atoms with Crippen LogP contribution in [0, 0.1) is 5.92 Å². The minimum atomic E-state index is 0.00496. The molecule has 1 saturated heterocycles. The molecule has 1 aliphatic heterocycles. The third kappa shape index (κ3) is 5.06. The molecular formula is C30H27N9O2S. The molecule has 4 N–H and O–H groups in total. The van der Waals surface area contributed by atoms with Gasteiger partial charge in [-0.15, -0.1) is 11.3 Å². The smallest absolute Gasteiger partial charge is 0.224 e. The van der Waals surface area contributed by atoms with Gasteiger partial charge in [0.05, 0.1) is 32.5 Å². The number of imidazole rings is 1. The highest BCUT2D eigenvalue weighted by atomic mass is 32.1. The number of pyridine rings is 3. The van der Waals surface area contributed by atoms with Gasteiger partial charge in [0.1, 0.15) is 16.9 Å². The summed E-state index contributed by atoms with van der Waals surface area (Å²) in [5, 5.41) is 14.6. The second-order valence-corrected chi connectivity index (χ2v) is 11.5. The van der Waals surface area contributed by atoms with Crippen LogP contribution in [0.4, 0.5) is 5.69 Å². The molecule has 0 aromatic carbocycles. The molecule has 0 saturated carbocycles. The number of anilines is 1. The Morgan fingerprint density at radius 1 is 1.02 bits per heavy atom. The van der Waals surface area contributed by atoms with Gasteiger partial charge in [0.25, 0.3) is 0 Å². The maximum atomic E-state index is 12.7. The molecule has 12 heteroatoms. The molecule has 1 aliphatic rings. The third-order valence-corrected chi connectivity index (χ3v) is 8.71. The molecule has 7 rings (SSSR count). The number of aromatic nitrogens is 7. The normalized spacial score (nSPS) is 14.0. The summed E-state index contributed by atoms with van der Waals surface area (Å²) in [7, 11) is 0. The van der Waals surface area contributed by atoms with Gasteiger partial charge in [0.2, 0.25) is 5.91 Å². The van der Waals surface area contributed by atoms with Crippen LogP contribution < -0.4 is 10.6 Å². The first-order chi connectivity index (χ1) is 20.5. The number of fused-ring (bicyclic) bond motifs is 2. The van der Waals surface area contributed by atoms with Gasteiger partial charge in [0, 0.05) is 36.1 Å². The summed E-state index contributed by atoms with van der Waals surface area (Å²) in [5.41, 5.74) is 5.76. The van der Waals surface area contributed by atoms with Gasteiger partial charge in [-0.25, -0.2) is 9.97 Å². The third-order valence-electron chi connectivity index (χ3n) is 7.52. The minimum Gasteiger partial charge on any atom is -0.336 e. The molecule has 0 bridgehead atoms. The Hall–Kier alpha value is -4.81. The molecular weight excluding hydrogens is 550 g/mol. The fourth-order valence-electron chi connectivity index (χ4n) is 5.35. The number of thiophene rings is 1. The minimum absolute atomic E-state index is 0.00496. The topological polar surface area (TPSA) is 154 Å². The summed E-state index contributed by atoms with van der Waals surface area (Å²) in [4.78, 5) is 47.8. The van der Waals surface area contributed by atoms with Gasteiger partial charge < -0.3 is 15.6 Å². The maximum Gasteiger partial charge on any atom is 0.224 e. The van der Waals surface area contributed by atoms with E-state index in [0.29, 0.717) is 51.3 Å². The van der Waals surface area contributed by atoms with Crippen molar-refractivity contribution < 1.29 is 9.59 Å². The molecule has 210 valence electrons. The number of aromatic amines is 2. The van der Waals surface area contributed by atoms with Gasteiger partial charge in [-0.05, 0) is 69.1 Å². The Morgan fingerprint density at radius 2 is 1.88 bits per heavy atom. The molecule has 11 nitrogen and oxygen atoms in total. The van der Waals surface area contributed by atoms with Crippen LogP contribution in [0.1, 0.15) is 35.9 Å². The van der Waals surface area contributed by atoms with Crippen LogP contribution in [-0.2, 0) is 4.79 Å². The van der Waals surface area contributed by atoms with Crippen molar-refractivity contribution in [2.75, 3.05) is 18.4 Å². The van der Waals surface area contributed by atoms with Crippen molar-refractivity contribution in [2.45, 2.75) is 26.2 Å². The first kappa shape index (κ1) is 26.1. The monoisotopic (exact) mass is 577 g/mol. The van der Waals surface area contributed by atoms with Crippen molar-refractivity contribution in [1.82, 2.24) is 40.4 Å². The summed E-state index contributed by atoms with van der Waals surface area (Å²) in [6.45, 7) is 3.48. The van der Waals surface area contributed by atoms with Gasteiger partial charge in [-0.1, -0.05) is 0 Å². The van der Waals surface area contributed by atoms with E-state index < -0.39 is 0 Å². The van der Waals surface area contributed by atoms with Crippen molar-refractivity contribution in [3.8, 4) is 33.2 Å². The number of nitrogens with zero attached hydrogens (tertiary/aromatic N) is 5. The van der Waals surface area contributed by atoms with E-state index in [1.54, 1.807) is 31.7 Å². The lowest BCUT2D eigenvalue weighted by molar-refractivity contribution is -0.117. The molecule has 1 amide bonds. The first-order valence-corrected chi connectivity index (χ1v) is 14.6. The van der Waals surface area contributed by atoms with Crippen LogP contribution in [0.25, 0.3) is 55.3 Å². The molecule has 0 atom stereocenters. The number of amides is 1. The van der Waals surface area contributed by atoms with Crippen molar-refractivity contribution >= 4 is 50.8 Å². The predicted molar refractivity (Wildman–Crippen MR) is 162 cm³/mol. The number of hydrogen-bond acceptors (Lipinski definition) is 9. The van der Waals surface area contributed by atoms with Crippen LogP contribution in [-0.4, -0.2) is 59.9 Å². The fraction of sp³-hybridized carbons (Fsp3) is 0.233. The fourth-order valence-corrected chi connectivity index (χ4v) is 6.25. The summed E-state index contributed by atoms with van der Waals surface area (Å²) < 4.78 is 0. The summed E-state index contributed by atoms with van der Waals surface area (Å²) in [6, 6.07) is 9.48. The van der Waals surface area contributed by atoms with E-state index in [9.17, 15) is 9.59 Å². The molecule has 0 radical (unpaired) electrons. The Kier molecular flexibility index (Phi) is 6.76. The van der Waals surface area contributed by atoms with Gasteiger partial charge in [0.15, 0.2) is 17.3 Å². The second-order valence-electron chi connectivity index (χ2n) is 10.5. The van der Waals surface area contributed by atoms with E-state index in [2.05, 4.69) is 40.8 Å². The number of carbonyl (C=O) groups excluding carboxylic acids is 2. The van der Waals surface area contributed by atoms with Crippen LogP contribution in [0.15, 0.2) is 55.1 Å². The van der Waals surface area contributed by atoms with Crippen LogP contribution in [0.2, 0.25) is 0 Å². The zero-order chi connectivity index (χ0) is 28.6. The van der Waals surface area contributed by atoms with Crippen molar-refractivity contribution in [1.29, 1.82) is 0 Å². The van der Waals surface area contributed by atoms with Crippen molar-refractivity contribution in [2.24, 2.45) is 5.92 Å². The Bertz CT molecular complexity index is 1950. The number of hydrogen-bond donors (Lipinski definition) is 4. The zero-order valence-corrected chi connectivity index (χ0v) is 23.6. The van der Waals surface area contributed by atoms with E-state index in [0.717, 1.165) is 52.8 Å². The largest absolute Gasteiger partial charge is 0.336 e. The molecule has 0 aliphatic carbocycles. The number of H-pyrrole nitrogens is 2. The molecule has 6 aromatic heterocycles. The van der Waals surface area contributed by atoms with E-state index >= 15 is 0 Å². The SMILES string of the molecule is CC(=O)c1ccc(-c2nccc3[nH]c(-c4n[nH]c5ncc(-c6cncc(NC(=O)CC7CCNCC7)c6)cc45)nc23)s1. The molecule has 0 unspecified atom stereocenters. The second kappa shape index (κ2) is 10.9. The average molecular weight is 578 g/mol. The number of Topliss-reactive ketones (excluding diaryl/α,β-unsaturated/α-hetero) is 1. The van der Waals surface area contributed by atoms with Crippen LogP contribution in [0.3, 0.4) is 0 Å². The molecule has 0 spiro atoms. The zero-order valence-electron chi connectivity index (χ0n) is 22.8. The lowest BCUT2D eigenvalue weighted by atomic mass is 9.94. The number of carbonyl (C=O) groups is 2. The number of piperidine rings is 1. The standard InChI is InChI=1S/C30H27N9O2S/c1-16(40)23-2-3-24(42-23)28-27-22(6-9-33-28)36-30(37-27)26-21-12-19(14-34-29(21)39-38-26)18-11-20(15-32-13-18)35-25(41)10-17-4-7-31-8-5-17/h2-3,6,9,11-15,17,31H,4-5,7-8,10H2,1H3,(H,35,41)(H,36,37)(H,34,38,39). The molecule has 6 aromatic rings. The van der Waals surface area contributed by atoms with E-state index in [-0.39, 0.29) is 11.7 Å². The summed E-state index contributed by atoms with van der Waals surface area (Å²) in [5.74, 6) is 1.00. The number of ketones is 1. The summed E-state index contributed by atoms with van der Waals surface area (Å²) >= 11 is 1.40. The Morgan fingerprint density at radius 3 is 2.71 bits per heavy atom. The van der Waals surface area contributed by atoms with E-state index in [1.807, 2.05) is 30.3 Å². The number of rotatable bonds is 7. The quantitative estimate of drug-likeness (QED) is 0.188. The van der Waals surface area contributed by atoms with Gasteiger partial charge in [-0.3, -0.25) is 24.7 Å². The molecule has 42 heavy (non-hydrogen) atoms. The van der Waals surface area contributed by atoms with Gasteiger partial charge in [-0.2, -0.15) is 5.10 Å². The lowest BCUT2D eigenvalue weighted by Crippen LogP contribution is -2.30. The van der Waals surface area contributed by atoms with E-state index in [1.165, 1.54) is 11.3 Å². The summed E-state index contributed by atoms with van der Waals surface area (Å²) in [6.07, 6.45) is 9.43. The average Bonchev–Trinajstić information content (AvgIpc) is 3.75. The lowest BCUT2D eigenvalue weighted by Gasteiger charge is -2.21. The van der Waals surface area contributed by atoms with Crippen molar-refractivity contribution in [3.05, 3.63) is 60.0 Å². The highest BCUT2D eigenvalue weighted by Gasteiger charge is 2.19. The highest BCUT2D eigenvalue weighted by molar-refractivity contribution is 7.17. The molecule has 7 heterocycles. The number of nitrogens with one attached hydrogen (secondary N) is 4. The Labute approximate surface area is 244 Å². The Balaban J connectivity index is 1.19. The predicted octanol–water partition coefficient (Wildman–Crippen LogP) is 5.22. The van der Waals surface area contributed by atoms with Crippen LogP contribution >= 0.6 is 11.3 Å². The van der Waals surface area contributed by atoms with E-state index in [4.69, 9.17) is 4.98 Å². The highest BCUT2D eigenvalue weighted by Crippen LogP contribution is 2.34. The maximum absolute atomic E-state index is 12.7.